The van der Waals surface area contributed by atoms with Crippen LogP contribution in [0.2, 0.25) is 0 Å². The zero-order valence-electron chi connectivity index (χ0n) is 18.4. The average Bonchev–Trinajstić information content (AvgIpc) is 2.78. The van der Waals surface area contributed by atoms with E-state index in [-0.39, 0.29) is 12.0 Å². The van der Waals surface area contributed by atoms with Crippen LogP contribution in [-0.2, 0) is 22.4 Å². The van der Waals surface area contributed by atoms with Crippen molar-refractivity contribution in [3.05, 3.63) is 59.2 Å². The highest BCUT2D eigenvalue weighted by Crippen LogP contribution is 2.31. The van der Waals surface area contributed by atoms with Crippen LogP contribution >= 0.6 is 0 Å². The predicted octanol–water partition coefficient (Wildman–Crippen LogP) is 2.94. The average molecular weight is 424 g/mol. The maximum atomic E-state index is 11.2. The first kappa shape index (κ1) is 21.7. The number of anilines is 1. The van der Waals surface area contributed by atoms with Crippen molar-refractivity contribution < 1.29 is 14.3 Å². The second-order valence-electron chi connectivity index (χ2n) is 8.33. The lowest BCUT2D eigenvalue weighted by molar-refractivity contribution is -0.117. The Hall–Kier alpha value is -2.57. The molecule has 1 amide bonds. The van der Waals surface area contributed by atoms with E-state index < -0.39 is 0 Å². The van der Waals surface area contributed by atoms with Crippen molar-refractivity contribution in [1.82, 2.24) is 4.90 Å². The number of carbonyl (C=O) groups is 1. The highest BCUT2D eigenvalue weighted by molar-refractivity contribution is 5.76. The first-order valence-corrected chi connectivity index (χ1v) is 11.3. The predicted molar refractivity (Wildman–Crippen MR) is 123 cm³/mol. The molecule has 0 radical (unpaired) electrons. The van der Waals surface area contributed by atoms with Crippen molar-refractivity contribution in [2.75, 3.05) is 50.8 Å². The van der Waals surface area contributed by atoms with Crippen molar-refractivity contribution in [3.63, 3.8) is 0 Å². The summed E-state index contributed by atoms with van der Waals surface area (Å²) in [6.45, 7) is 8.62. The Balaban J connectivity index is 1.29. The fraction of sp³-hybridized carbons (Fsp3) is 0.480. The van der Waals surface area contributed by atoms with Crippen LogP contribution < -0.4 is 15.4 Å². The molecule has 6 heteroatoms. The normalized spacial score (nSPS) is 19.1. The molecule has 2 N–H and O–H groups in total. The van der Waals surface area contributed by atoms with Gasteiger partial charge in [-0.15, -0.1) is 0 Å². The fourth-order valence-electron chi connectivity index (χ4n) is 4.61. The van der Waals surface area contributed by atoms with Gasteiger partial charge in [0.2, 0.25) is 5.91 Å². The molecule has 0 bridgehead atoms. The number of nitrogens with two attached hydrogens (primary N) is 1. The van der Waals surface area contributed by atoms with Crippen molar-refractivity contribution in [2.45, 2.75) is 32.3 Å². The summed E-state index contributed by atoms with van der Waals surface area (Å²) in [6, 6.07) is 14.7. The maximum absolute atomic E-state index is 11.2. The summed E-state index contributed by atoms with van der Waals surface area (Å²) in [7, 11) is 0. The Bertz CT molecular complexity index is 893. The van der Waals surface area contributed by atoms with Gasteiger partial charge in [0.05, 0.1) is 25.7 Å². The van der Waals surface area contributed by atoms with Gasteiger partial charge in [-0.1, -0.05) is 24.3 Å². The lowest BCUT2D eigenvalue weighted by Gasteiger charge is -2.37. The van der Waals surface area contributed by atoms with Gasteiger partial charge >= 0.3 is 0 Å². The molecule has 6 nitrogen and oxygen atoms in total. The summed E-state index contributed by atoms with van der Waals surface area (Å²) in [4.78, 5) is 16.2. The Morgan fingerprint density at radius 1 is 1.16 bits per heavy atom. The lowest BCUT2D eigenvalue weighted by atomic mass is 9.93. The number of nitrogens with zero attached hydrogens (tertiary/aromatic N) is 2. The zero-order chi connectivity index (χ0) is 21.6. The molecule has 1 fully saturated rings. The third kappa shape index (κ3) is 5.57. The first-order valence-electron chi connectivity index (χ1n) is 11.3. The molecule has 2 aromatic rings. The summed E-state index contributed by atoms with van der Waals surface area (Å²) < 4.78 is 11.7. The third-order valence-corrected chi connectivity index (χ3v) is 6.20. The van der Waals surface area contributed by atoms with Gasteiger partial charge < -0.3 is 20.1 Å². The number of amides is 1. The van der Waals surface area contributed by atoms with Crippen LogP contribution in [0.15, 0.2) is 42.5 Å². The van der Waals surface area contributed by atoms with Gasteiger partial charge in [-0.25, -0.2) is 0 Å². The zero-order valence-corrected chi connectivity index (χ0v) is 18.4. The first-order chi connectivity index (χ1) is 15.1. The summed E-state index contributed by atoms with van der Waals surface area (Å²) >= 11 is 0. The quantitative estimate of drug-likeness (QED) is 0.707. The van der Waals surface area contributed by atoms with E-state index in [1.807, 2.05) is 19.1 Å². The van der Waals surface area contributed by atoms with Crippen molar-refractivity contribution in [1.29, 1.82) is 0 Å². The van der Waals surface area contributed by atoms with E-state index in [4.69, 9.17) is 15.2 Å². The van der Waals surface area contributed by atoms with Crippen LogP contribution in [0.1, 0.15) is 36.1 Å². The highest BCUT2D eigenvalue weighted by Gasteiger charge is 2.24. The van der Waals surface area contributed by atoms with Crippen LogP contribution in [0.3, 0.4) is 0 Å². The number of piperazine rings is 1. The van der Waals surface area contributed by atoms with Gasteiger partial charge in [0, 0.05) is 44.5 Å². The summed E-state index contributed by atoms with van der Waals surface area (Å²) in [6.07, 6.45) is 2.32. The lowest BCUT2D eigenvalue weighted by Crippen LogP contribution is -2.47. The van der Waals surface area contributed by atoms with E-state index in [1.54, 1.807) is 0 Å². The maximum Gasteiger partial charge on any atom is 0.221 e. The second kappa shape index (κ2) is 10.2. The van der Waals surface area contributed by atoms with Crippen molar-refractivity contribution >= 4 is 11.6 Å². The Morgan fingerprint density at radius 2 is 2.00 bits per heavy atom. The minimum atomic E-state index is -0.285. The molecule has 0 spiro atoms. The molecule has 4 rings (SSSR count). The van der Waals surface area contributed by atoms with Crippen LogP contribution in [0.25, 0.3) is 0 Å². The molecule has 166 valence electrons. The van der Waals surface area contributed by atoms with Gasteiger partial charge in [-0.05, 0) is 48.6 Å². The minimum absolute atomic E-state index is 0.132. The van der Waals surface area contributed by atoms with E-state index in [1.165, 1.54) is 16.8 Å². The molecular formula is C25H33N3O3. The van der Waals surface area contributed by atoms with Gasteiger partial charge in [0.1, 0.15) is 5.75 Å². The molecule has 0 aliphatic carbocycles. The van der Waals surface area contributed by atoms with E-state index in [0.717, 1.165) is 63.5 Å². The molecule has 2 aromatic carbocycles. The topological polar surface area (TPSA) is 68.0 Å². The van der Waals surface area contributed by atoms with Crippen molar-refractivity contribution in [3.8, 4) is 5.75 Å². The summed E-state index contributed by atoms with van der Waals surface area (Å²) in [5.74, 6) is 0.654. The van der Waals surface area contributed by atoms with Gasteiger partial charge in [-0.3, -0.25) is 9.69 Å². The smallest absolute Gasteiger partial charge is 0.221 e. The number of primary amides is 1. The van der Waals surface area contributed by atoms with Gasteiger partial charge in [-0.2, -0.15) is 0 Å². The molecule has 1 atom stereocenters. The molecule has 0 saturated carbocycles. The molecule has 2 aliphatic rings. The SMILES string of the molecule is CCOc1cccc(N2CCN(CCC3OCCc4cc(CC(N)=O)ccc43)CC2)c1. The van der Waals surface area contributed by atoms with E-state index >= 15 is 0 Å². The molecule has 1 unspecified atom stereocenters. The molecule has 31 heavy (non-hydrogen) atoms. The van der Waals surface area contributed by atoms with Crippen LogP contribution in [-0.4, -0.2) is 56.7 Å². The molecule has 2 aliphatic heterocycles. The molecule has 2 heterocycles. The minimum Gasteiger partial charge on any atom is -0.494 e. The number of ether oxygens (including phenoxy) is 2. The van der Waals surface area contributed by atoms with Gasteiger partial charge in [0.25, 0.3) is 0 Å². The van der Waals surface area contributed by atoms with Crippen LogP contribution in [0.5, 0.6) is 5.75 Å². The van der Waals surface area contributed by atoms with Crippen molar-refractivity contribution in [2.24, 2.45) is 5.73 Å². The Kier molecular flexibility index (Phi) is 7.10. The molecular weight excluding hydrogens is 390 g/mol. The fourth-order valence-corrected chi connectivity index (χ4v) is 4.61. The summed E-state index contributed by atoms with van der Waals surface area (Å²) in [5, 5.41) is 0. The third-order valence-electron chi connectivity index (χ3n) is 6.20. The number of fused-ring (bicyclic) bond motifs is 1. The van der Waals surface area contributed by atoms with Crippen LogP contribution in [0.4, 0.5) is 5.69 Å². The summed E-state index contributed by atoms with van der Waals surface area (Å²) in [5.41, 5.74) is 10.2. The number of rotatable bonds is 8. The Morgan fingerprint density at radius 3 is 2.77 bits per heavy atom. The van der Waals surface area contributed by atoms with Gasteiger partial charge in [0.15, 0.2) is 0 Å². The number of benzene rings is 2. The number of carbonyl (C=O) groups excluding carboxylic acids is 1. The van der Waals surface area contributed by atoms with E-state index in [0.29, 0.717) is 13.0 Å². The number of hydrogen-bond acceptors (Lipinski definition) is 5. The second-order valence-corrected chi connectivity index (χ2v) is 8.33. The standard InChI is InChI=1S/C25H33N3O3/c1-2-30-22-5-3-4-21(18-22)28-13-11-27(12-14-28)10-8-24-23-7-6-19(17-25(26)29)16-20(23)9-15-31-24/h3-7,16,18,24H,2,8-15,17H2,1H3,(H2,26,29). The van der Waals surface area contributed by atoms with E-state index in [9.17, 15) is 4.79 Å². The van der Waals surface area contributed by atoms with Crippen LogP contribution in [0, 0.1) is 0 Å². The monoisotopic (exact) mass is 423 g/mol. The molecule has 1 saturated heterocycles. The van der Waals surface area contributed by atoms with E-state index in [2.05, 4.69) is 40.1 Å². The largest absolute Gasteiger partial charge is 0.494 e. The Labute approximate surface area is 184 Å². The molecule has 0 aromatic heterocycles. The highest BCUT2D eigenvalue weighted by atomic mass is 16.5. The number of hydrogen-bond donors (Lipinski definition) is 1.